The first kappa shape index (κ1) is 17.2. The van der Waals surface area contributed by atoms with Crippen LogP contribution in [0.15, 0.2) is 5.16 Å². The van der Waals surface area contributed by atoms with Crippen molar-refractivity contribution >= 4 is 40.1 Å². The molecule has 9 nitrogen and oxygen atoms in total. The van der Waals surface area contributed by atoms with Crippen LogP contribution in [0.25, 0.3) is 0 Å². The number of rotatable bonds is 6. The second-order valence-electron chi connectivity index (χ2n) is 4.38. The van der Waals surface area contributed by atoms with Crippen LogP contribution >= 0.6 is 23.1 Å². The molecule has 2 aromatic heterocycles. The Morgan fingerprint density at radius 3 is 2.78 bits per heavy atom. The van der Waals surface area contributed by atoms with Gasteiger partial charge in [0.05, 0.1) is 18.6 Å². The Morgan fingerprint density at radius 2 is 2.17 bits per heavy atom. The van der Waals surface area contributed by atoms with E-state index < -0.39 is 5.97 Å². The lowest BCUT2D eigenvalue weighted by molar-refractivity contribution is -0.113. The Kier molecular flexibility index (Phi) is 5.55. The van der Waals surface area contributed by atoms with Crippen LogP contribution in [0.2, 0.25) is 0 Å². The number of thioether (sulfide) groups is 1. The zero-order valence-electron chi connectivity index (χ0n) is 12.8. The first-order valence-corrected chi connectivity index (χ1v) is 8.44. The van der Waals surface area contributed by atoms with Gasteiger partial charge in [-0.3, -0.25) is 4.79 Å². The summed E-state index contributed by atoms with van der Waals surface area (Å²) in [5.74, 6) is 5.80. The molecule has 2 heterocycles. The molecular weight excluding hydrogens is 340 g/mol. The molecule has 0 bridgehead atoms. The number of nitrogens with one attached hydrogen (secondary N) is 1. The Balaban J connectivity index is 1.94. The van der Waals surface area contributed by atoms with Crippen molar-refractivity contribution in [1.29, 1.82) is 0 Å². The fraction of sp³-hybridized carbons (Fsp3) is 0.417. The van der Waals surface area contributed by atoms with Crippen LogP contribution in [0.4, 0.5) is 5.13 Å². The number of thiazole rings is 1. The first-order chi connectivity index (χ1) is 11.0. The molecule has 11 heteroatoms. The van der Waals surface area contributed by atoms with E-state index in [1.54, 1.807) is 6.92 Å². The van der Waals surface area contributed by atoms with E-state index in [0.717, 1.165) is 11.3 Å². The van der Waals surface area contributed by atoms with Crippen molar-refractivity contribution in [3.63, 3.8) is 0 Å². The molecule has 0 spiro atoms. The average Bonchev–Trinajstić information content (AvgIpc) is 3.07. The number of ether oxygens (including phenoxy) is 1. The molecule has 0 aromatic carbocycles. The van der Waals surface area contributed by atoms with Crippen molar-refractivity contribution < 1.29 is 14.3 Å². The topological polar surface area (TPSA) is 125 Å². The van der Waals surface area contributed by atoms with E-state index in [2.05, 4.69) is 25.2 Å². The third kappa shape index (κ3) is 3.99. The molecule has 0 saturated carbocycles. The second kappa shape index (κ2) is 7.42. The highest BCUT2D eigenvalue weighted by atomic mass is 32.2. The third-order valence-corrected chi connectivity index (χ3v) is 4.79. The second-order valence-corrected chi connectivity index (χ2v) is 6.33. The number of amides is 1. The average molecular weight is 356 g/mol. The monoisotopic (exact) mass is 356 g/mol. The highest BCUT2D eigenvalue weighted by molar-refractivity contribution is 7.99. The molecule has 0 atom stereocenters. The van der Waals surface area contributed by atoms with E-state index in [0.29, 0.717) is 33.1 Å². The van der Waals surface area contributed by atoms with Crippen LogP contribution in [0.1, 0.15) is 28.1 Å². The SMILES string of the molecule is CCc1nnc(SCC(=O)Nc2nc(C)c(C(=O)OC)s2)n1N. The number of carbonyl (C=O) groups excluding carboxylic acids is 2. The number of hydrogen-bond acceptors (Lipinski definition) is 9. The number of nitrogen functional groups attached to an aromatic ring is 1. The number of aromatic nitrogens is 4. The minimum Gasteiger partial charge on any atom is -0.465 e. The number of aryl methyl sites for hydroxylation is 2. The summed E-state index contributed by atoms with van der Waals surface area (Å²) in [4.78, 5) is 28.0. The smallest absolute Gasteiger partial charge is 0.350 e. The van der Waals surface area contributed by atoms with Crippen LogP contribution in [-0.4, -0.2) is 44.6 Å². The Labute approximate surface area is 140 Å². The first-order valence-electron chi connectivity index (χ1n) is 6.64. The van der Waals surface area contributed by atoms with Crippen molar-refractivity contribution in [1.82, 2.24) is 19.9 Å². The number of nitrogens with zero attached hydrogens (tertiary/aromatic N) is 4. The Hall–Kier alpha value is -2.14. The highest BCUT2D eigenvalue weighted by Crippen LogP contribution is 2.23. The van der Waals surface area contributed by atoms with Crippen molar-refractivity contribution in [2.24, 2.45) is 0 Å². The molecule has 2 aromatic rings. The summed E-state index contributed by atoms with van der Waals surface area (Å²) in [5, 5.41) is 11.3. The molecule has 3 N–H and O–H groups in total. The lowest BCUT2D eigenvalue weighted by Gasteiger charge is -2.02. The predicted molar refractivity (Wildman–Crippen MR) is 87.1 cm³/mol. The number of hydrogen-bond donors (Lipinski definition) is 2. The Bertz CT molecular complexity index is 726. The summed E-state index contributed by atoms with van der Waals surface area (Å²) in [7, 11) is 1.30. The minimum absolute atomic E-state index is 0.102. The molecule has 0 saturated heterocycles. The fourth-order valence-electron chi connectivity index (χ4n) is 1.66. The molecular formula is C12H16N6O3S2. The molecule has 1 amide bonds. The molecule has 0 aliphatic heterocycles. The summed E-state index contributed by atoms with van der Waals surface area (Å²) >= 11 is 2.24. The number of methoxy groups -OCH3 is 1. The lowest BCUT2D eigenvalue weighted by Crippen LogP contribution is -2.17. The van der Waals surface area contributed by atoms with Gasteiger partial charge in [-0.25, -0.2) is 14.5 Å². The van der Waals surface area contributed by atoms with E-state index in [1.807, 2.05) is 6.92 Å². The van der Waals surface area contributed by atoms with Crippen molar-refractivity contribution in [3.8, 4) is 0 Å². The van der Waals surface area contributed by atoms with E-state index in [1.165, 1.54) is 23.5 Å². The van der Waals surface area contributed by atoms with Gasteiger partial charge in [0, 0.05) is 6.42 Å². The predicted octanol–water partition coefficient (Wildman–Crippen LogP) is 0.837. The van der Waals surface area contributed by atoms with E-state index in [9.17, 15) is 9.59 Å². The summed E-state index contributed by atoms with van der Waals surface area (Å²) in [6, 6.07) is 0. The maximum atomic E-state index is 12.0. The van der Waals surface area contributed by atoms with Gasteiger partial charge in [0.1, 0.15) is 4.88 Å². The maximum absolute atomic E-state index is 12.0. The van der Waals surface area contributed by atoms with E-state index >= 15 is 0 Å². The number of esters is 1. The van der Waals surface area contributed by atoms with Crippen LogP contribution in [0, 0.1) is 6.92 Å². The van der Waals surface area contributed by atoms with Gasteiger partial charge in [-0.2, -0.15) is 0 Å². The zero-order valence-corrected chi connectivity index (χ0v) is 14.5. The number of nitrogens with two attached hydrogens (primary N) is 1. The van der Waals surface area contributed by atoms with Crippen LogP contribution < -0.4 is 11.2 Å². The van der Waals surface area contributed by atoms with Crippen molar-refractivity contribution in [3.05, 3.63) is 16.4 Å². The summed E-state index contributed by atoms with van der Waals surface area (Å²) in [6.07, 6.45) is 0.658. The van der Waals surface area contributed by atoms with Crippen LogP contribution in [0.3, 0.4) is 0 Å². The normalized spacial score (nSPS) is 10.6. The highest BCUT2D eigenvalue weighted by Gasteiger charge is 2.17. The number of anilines is 1. The molecule has 0 aliphatic carbocycles. The van der Waals surface area contributed by atoms with Crippen LogP contribution in [-0.2, 0) is 16.0 Å². The lowest BCUT2D eigenvalue weighted by atomic mass is 10.4. The van der Waals surface area contributed by atoms with Crippen molar-refractivity contribution in [2.75, 3.05) is 24.0 Å². The molecule has 124 valence electrons. The Morgan fingerprint density at radius 1 is 1.43 bits per heavy atom. The molecule has 0 fully saturated rings. The molecule has 0 unspecified atom stereocenters. The summed E-state index contributed by atoms with van der Waals surface area (Å²) in [5.41, 5.74) is 0.513. The molecule has 23 heavy (non-hydrogen) atoms. The largest absolute Gasteiger partial charge is 0.465 e. The van der Waals surface area contributed by atoms with Gasteiger partial charge in [0.15, 0.2) is 11.0 Å². The number of carbonyl (C=O) groups is 2. The summed E-state index contributed by atoms with van der Waals surface area (Å²) in [6.45, 7) is 3.59. The van der Waals surface area contributed by atoms with E-state index in [-0.39, 0.29) is 11.7 Å². The van der Waals surface area contributed by atoms with Gasteiger partial charge >= 0.3 is 5.97 Å². The molecule has 2 rings (SSSR count). The quantitative estimate of drug-likeness (QED) is 0.443. The maximum Gasteiger partial charge on any atom is 0.350 e. The fourth-order valence-corrected chi connectivity index (χ4v) is 3.24. The third-order valence-electron chi connectivity index (χ3n) is 2.80. The minimum atomic E-state index is -0.474. The molecule has 0 radical (unpaired) electrons. The van der Waals surface area contributed by atoms with Crippen molar-refractivity contribution in [2.45, 2.75) is 25.4 Å². The van der Waals surface area contributed by atoms with Gasteiger partial charge < -0.3 is 15.9 Å². The van der Waals surface area contributed by atoms with Gasteiger partial charge in [-0.15, -0.1) is 10.2 Å². The van der Waals surface area contributed by atoms with Gasteiger partial charge in [-0.1, -0.05) is 30.0 Å². The molecule has 0 aliphatic rings. The summed E-state index contributed by atoms with van der Waals surface area (Å²) < 4.78 is 6.01. The van der Waals surface area contributed by atoms with Crippen LogP contribution in [0.5, 0.6) is 0 Å². The van der Waals surface area contributed by atoms with Gasteiger partial charge in [0.2, 0.25) is 11.1 Å². The zero-order chi connectivity index (χ0) is 17.0. The van der Waals surface area contributed by atoms with Gasteiger partial charge in [-0.05, 0) is 6.92 Å². The van der Waals surface area contributed by atoms with E-state index in [4.69, 9.17) is 5.84 Å². The van der Waals surface area contributed by atoms with Gasteiger partial charge in [0.25, 0.3) is 0 Å². The standard InChI is InChI=1S/C12H16N6O3S2/c1-4-7-16-17-12(18(7)13)22-5-8(19)15-11-14-6(2)9(23-11)10(20)21-3/h4-5,13H2,1-3H3,(H,14,15,19).